The molecule has 33 heavy (non-hydrogen) atoms. The molecule has 10 heteroatoms. The van der Waals surface area contributed by atoms with Gasteiger partial charge in [-0.05, 0) is 43.2 Å². The lowest BCUT2D eigenvalue weighted by atomic mass is 10.1. The van der Waals surface area contributed by atoms with Crippen LogP contribution in [0.15, 0.2) is 46.1 Å². The van der Waals surface area contributed by atoms with Crippen LogP contribution < -0.4 is 10.4 Å². The number of hydrogen-bond donors (Lipinski definition) is 0. The Labute approximate surface area is 199 Å². The van der Waals surface area contributed by atoms with Gasteiger partial charge in [0.2, 0.25) is 0 Å². The van der Waals surface area contributed by atoms with E-state index in [0.717, 1.165) is 46.4 Å². The molecule has 1 aromatic carbocycles. The Balaban J connectivity index is 1.57. The van der Waals surface area contributed by atoms with Gasteiger partial charge in [0.25, 0.3) is 0 Å². The highest BCUT2D eigenvalue weighted by Crippen LogP contribution is 2.25. The maximum atomic E-state index is 13.2. The van der Waals surface area contributed by atoms with E-state index in [4.69, 9.17) is 14.5 Å². The van der Waals surface area contributed by atoms with Gasteiger partial charge in [0, 0.05) is 30.3 Å². The van der Waals surface area contributed by atoms with Crippen LogP contribution >= 0.6 is 15.9 Å². The van der Waals surface area contributed by atoms with E-state index in [1.807, 2.05) is 24.4 Å². The number of pyridine rings is 1. The minimum atomic E-state index is -0.284. The molecule has 0 amide bonds. The molecule has 2 atom stereocenters. The summed E-state index contributed by atoms with van der Waals surface area (Å²) in [5.41, 5.74) is 2.80. The van der Waals surface area contributed by atoms with Gasteiger partial charge in [-0.3, -0.25) is 9.47 Å². The highest BCUT2D eigenvalue weighted by molar-refractivity contribution is 9.10. The van der Waals surface area contributed by atoms with Crippen LogP contribution in [0, 0.1) is 0 Å². The molecule has 0 spiro atoms. The van der Waals surface area contributed by atoms with E-state index < -0.39 is 0 Å². The smallest absolute Gasteiger partial charge is 0.352 e. The van der Waals surface area contributed by atoms with Gasteiger partial charge in [0.1, 0.15) is 17.7 Å². The summed E-state index contributed by atoms with van der Waals surface area (Å²) < 4.78 is 15.0. The molecule has 0 radical (unpaired) electrons. The third kappa shape index (κ3) is 4.25. The first kappa shape index (κ1) is 22.0. The maximum Gasteiger partial charge on any atom is 0.352 e. The second-order valence-electron chi connectivity index (χ2n) is 8.49. The Kier molecular flexibility index (Phi) is 5.90. The summed E-state index contributed by atoms with van der Waals surface area (Å²) in [7, 11) is 1.62. The van der Waals surface area contributed by atoms with Crippen LogP contribution in [0.25, 0.3) is 16.7 Å². The van der Waals surface area contributed by atoms with Crippen molar-refractivity contribution in [2.45, 2.75) is 39.1 Å². The zero-order valence-corrected chi connectivity index (χ0v) is 20.3. The van der Waals surface area contributed by atoms with Crippen molar-refractivity contribution >= 4 is 32.6 Å². The number of halogens is 1. The molecular formula is C23H25BrN6O3. The summed E-state index contributed by atoms with van der Waals surface area (Å²) in [4.78, 5) is 24.7. The van der Waals surface area contributed by atoms with Gasteiger partial charge in [-0.15, -0.1) is 0 Å². The third-order valence-corrected chi connectivity index (χ3v) is 6.61. The Morgan fingerprint density at radius 2 is 1.91 bits per heavy atom. The number of hydrogen-bond acceptors (Lipinski definition) is 7. The van der Waals surface area contributed by atoms with Gasteiger partial charge in [-0.2, -0.15) is 9.61 Å². The minimum absolute atomic E-state index is 0.193. The molecule has 1 aliphatic heterocycles. The van der Waals surface area contributed by atoms with Crippen molar-refractivity contribution in [3.63, 3.8) is 0 Å². The van der Waals surface area contributed by atoms with Gasteiger partial charge < -0.3 is 9.47 Å². The second kappa shape index (κ2) is 8.85. The largest absolute Gasteiger partial charge is 0.497 e. The highest BCUT2D eigenvalue weighted by Gasteiger charge is 2.23. The van der Waals surface area contributed by atoms with E-state index in [-0.39, 0.29) is 17.9 Å². The minimum Gasteiger partial charge on any atom is -0.497 e. The van der Waals surface area contributed by atoms with E-state index in [2.05, 4.69) is 50.8 Å². The van der Waals surface area contributed by atoms with Gasteiger partial charge in [-0.25, -0.2) is 14.8 Å². The van der Waals surface area contributed by atoms with E-state index in [1.54, 1.807) is 11.7 Å². The molecule has 0 unspecified atom stereocenters. The predicted octanol–water partition coefficient (Wildman–Crippen LogP) is 2.87. The molecule has 1 saturated heterocycles. The van der Waals surface area contributed by atoms with Crippen LogP contribution in [0.2, 0.25) is 0 Å². The Morgan fingerprint density at radius 3 is 2.64 bits per heavy atom. The molecule has 0 N–H and O–H groups in total. The van der Waals surface area contributed by atoms with Crippen molar-refractivity contribution in [2.24, 2.45) is 0 Å². The van der Waals surface area contributed by atoms with E-state index in [0.29, 0.717) is 17.8 Å². The Bertz CT molecular complexity index is 1370. The summed E-state index contributed by atoms with van der Waals surface area (Å²) in [5.74, 6) is 0.740. The first-order valence-electron chi connectivity index (χ1n) is 10.8. The number of methoxy groups -OCH3 is 1. The monoisotopic (exact) mass is 512 g/mol. The lowest BCUT2D eigenvalue weighted by Crippen LogP contribution is -2.44. The molecule has 1 aliphatic rings. The number of rotatable bonds is 5. The molecule has 172 valence electrons. The third-order valence-electron chi connectivity index (χ3n) is 5.87. The first-order valence-corrected chi connectivity index (χ1v) is 11.6. The molecule has 5 rings (SSSR count). The van der Waals surface area contributed by atoms with Crippen molar-refractivity contribution in [3.05, 3.63) is 62.9 Å². The molecule has 0 saturated carbocycles. The number of aromatic nitrogens is 5. The van der Waals surface area contributed by atoms with Crippen molar-refractivity contribution in [3.8, 4) is 5.75 Å². The molecular weight excluding hydrogens is 488 g/mol. The van der Waals surface area contributed by atoms with Crippen LogP contribution in [0.1, 0.15) is 25.0 Å². The number of ether oxygens (including phenoxy) is 2. The standard InChI is InChI=1S/C23H25BrN6O3/c1-14-9-28(10-15(2)33-14)11-16-6-19-21(25-8-16)29(23(31)30-22(19)26-13-27-30)12-17-4-5-18(32-3)7-20(17)24/h4-8,13-15H,9-12H2,1-3H3/t14-,15+. The lowest BCUT2D eigenvalue weighted by molar-refractivity contribution is -0.0705. The van der Waals surface area contributed by atoms with Gasteiger partial charge >= 0.3 is 5.69 Å². The zero-order chi connectivity index (χ0) is 23.1. The molecule has 4 aromatic rings. The van der Waals surface area contributed by atoms with Gasteiger partial charge in [0.05, 0.1) is 31.2 Å². The Morgan fingerprint density at radius 1 is 1.12 bits per heavy atom. The molecule has 0 bridgehead atoms. The molecule has 9 nitrogen and oxygen atoms in total. The lowest BCUT2D eigenvalue weighted by Gasteiger charge is -2.35. The van der Waals surface area contributed by atoms with Crippen LogP contribution in [-0.2, 0) is 17.8 Å². The van der Waals surface area contributed by atoms with Crippen molar-refractivity contribution in [2.75, 3.05) is 20.2 Å². The van der Waals surface area contributed by atoms with Crippen molar-refractivity contribution in [1.29, 1.82) is 0 Å². The molecule has 1 fully saturated rings. The average Bonchev–Trinajstić information content (AvgIpc) is 3.27. The fourth-order valence-corrected chi connectivity index (χ4v) is 4.99. The van der Waals surface area contributed by atoms with E-state index in [1.165, 1.54) is 10.8 Å². The summed E-state index contributed by atoms with van der Waals surface area (Å²) in [6, 6.07) is 7.75. The predicted molar refractivity (Wildman–Crippen MR) is 128 cm³/mol. The van der Waals surface area contributed by atoms with Crippen molar-refractivity contribution < 1.29 is 9.47 Å². The number of benzene rings is 1. The summed E-state index contributed by atoms with van der Waals surface area (Å²) >= 11 is 3.59. The van der Waals surface area contributed by atoms with Gasteiger partial charge in [-0.1, -0.05) is 22.0 Å². The Hall–Kier alpha value is -2.82. The fourth-order valence-electron chi connectivity index (χ4n) is 4.50. The number of nitrogens with zero attached hydrogens (tertiary/aromatic N) is 6. The highest BCUT2D eigenvalue weighted by atomic mass is 79.9. The number of fused-ring (bicyclic) bond motifs is 3. The molecule has 3 aromatic heterocycles. The fraction of sp³-hybridized carbons (Fsp3) is 0.391. The van der Waals surface area contributed by atoms with Crippen molar-refractivity contribution in [1.82, 2.24) is 29.0 Å². The zero-order valence-electron chi connectivity index (χ0n) is 18.7. The maximum absolute atomic E-state index is 13.2. The first-order chi connectivity index (χ1) is 15.9. The second-order valence-corrected chi connectivity index (χ2v) is 9.34. The summed E-state index contributed by atoms with van der Waals surface area (Å²) in [6.07, 6.45) is 3.64. The molecule has 4 heterocycles. The summed E-state index contributed by atoms with van der Waals surface area (Å²) in [5, 5.41) is 4.97. The molecule has 0 aliphatic carbocycles. The van der Waals surface area contributed by atoms with Crippen LogP contribution in [0.5, 0.6) is 5.75 Å². The normalized spacial score (nSPS) is 19.4. The van der Waals surface area contributed by atoms with Crippen LogP contribution in [0.3, 0.4) is 0 Å². The quantitative estimate of drug-likeness (QED) is 0.406. The topological polar surface area (TPSA) is 86.8 Å². The van der Waals surface area contributed by atoms with E-state index >= 15 is 0 Å². The van der Waals surface area contributed by atoms with E-state index in [9.17, 15) is 4.79 Å². The van der Waals surface area contributed by atoms with Crippen LogP contribution in [0.4, 0.5) is 0 Å². The SMILES string of the molecule is COc1ccc(Cn2c(=O)n3ncnc3c3cc(CN4C[C@@H](C)O[C@@H](C)C4)cnc32)c(Br)c1. The van der Waals surface area contributed by atoms with Crippen LogP contribution in [-0.4, -0.2) is 61.5 Å². The average molecular weight is 513 g/mol. The summed E-state index contributed by atoms with van der Waals surface area (Å²) in [6.45, 7) is 7.01. The van der Waals surface area contributed by atoms with Gasteiger partial charge in [0.15, 0.2) is 5.65 Å². The number of morpholine rings is 1.